The zero-order valence-electron chi connectivity index (χ0n) is 9.18. The van der Waals surface area contributed by atoms with Crippen LogP contribution in [0.15, 0.2) is 18.2 Å². The molecule has 1 aliphatic carbocycles. The molecule has 1 heterocycles. The Morgan fingerprint density at radius 3 is 3.00 bits per heavy atom. The molecule has 1 fully saturated rings. The highest BCUT2D eigenvalue weighted by atomic mass is 32.1. The maximum atomic E-state index is 11.8. The summed E-state index contributed by atoms with van der Waals surface area (Å²) < 4.78 is 6.26. The zero-order chi connectivity index (χ0) is 11.8. The third kappa shape index (κ3) is 1.98. The SMILES string of the molecule is Nc1nc2ccc(C(=O)OC3CCC3)cc2s1. The second kappa shape index (κ2) is 4.00. The molecular weight excluding hydrogens is 236 g/mol. The van der Waals surface area contributed by atoms with Crippen LogP contribution < -0.4 is 5.73 Å². The first-order valence-electron chi connectivity index (χ1n) is 5.59. The molecule has 1 aromatic carbocycles. The van der Waals surface area contributed by atoms with Gasteiger partial charge in [0.2, 0.25) is 0 Å². The summed E-state index contributed by atoms with van der Waals surface area (Å²) in [6.45, 7) is 0. The minimum absolute atomic E-state index is 0.115. The zero-order valence-corrected chi connectivity index (χ0v) is 10.00. The number of aromatic nitrogens is 1. The number of nitrogens with two attached hydrogens (primary N) is 1. The number of anilines is 1. The first kappa shape index (κ1) is 10.5. The van der Waals surface area contributed by atoms with Crippen molar-refractivity contribution in [3.63, 3.8) is 0 Å². The van der Waals surface area contributed by atoms with E-state index < -0.39 is 0 Å². The van der Waals surface area contributed by atoms with Crippen LogP contribution in [0.25, 0.3) is 10.2 Å². The lowest BCUT2D eigenvalue weighted by Gasteiger charge is -2.25. The number of nitrogen functional groups attached to an aromatic ring is 1. The second-order valence-corrected chi connectivity index (χ2v) is 5.26. The number of hydrogen-bond donors (Lipinski definition) is 1. The Labute approximate surface area is 102 Å². The van der Waals surface area contributed by atoms with Crippen LogP contribution in [0.3, 0.4) is 0 Å². The van der Waals surface area contributed by atoms with E-state index in [4.69, 9.17) is 10.5 Å². The van der Waals surface area contributed by atoms with Gasteiger partial charge in [-0.1, -0.05) is 11.3 Å². The van der Waals surface area contributed by atoms with E-state index in [0.29, 0.717) is 10.7 Å². The molecule has 88 valence electrons. The largest absolute Gasteiger partial charge is 0.459 e. The van der Waals surface area contributed by atoms with Crippen molar-refractivity contribution < 1.29 is 9.53 Å². The molecule has 0 spiro atoms. The Bertz CT molecular complexity index is 575. The fourth-order valence-electron chi connectivity index (χ4n) is 1.78. The molecule has 1 aliphatic rings. The maximum absolute atomic E-state index is 11.8. The van der Waals surface area contributed by atoms with Gasteiger partial charge in [-0.15, -0.1) is 0 Å². The van der Waals surface area contributed by atoms with Gasteiger partial charge in [-0.25, -0.2) is 9.78 Å². The fourth-order valence-corrected chi connectivity index (χ4v) is 2.55. The van der Waals surface area contributed by atoms with Gasteiger partial charge in [-0.3, -0.25) is 0 Å². The van der Waals surface area contributed by atoms with Gasteiger partial charge in [0.25, 0.3) is 0 Å². The van der Waals surface area contributed by atoms with Gasteiger partial charge in [0.15, 0.2) is 5.13 Å². The Kier molecular flexibility index (Phi) is 2.48. The Morgan fingerprint density at radius 2 is 2.29 bits per heavy atom. The molecule has 2 N–H and O–H groups in total. The average Bonchev–Trinajstić information content (AvgIpc) is 2.62. The predicted octanol–water partition coefficient (Wildman–Crippen LogP) is 2.59. The minimum Gasteiger partial charge on any atom is -0.459 e. The first-order chi connectivity index (χ1) is 8.22. The molecule has 4 nitrogen and oxygen atoms in total. The van der Waals surface area contributed by atoms with Gasteiger partial charge in [0.1, 0.15) is 6.10 Å². The highest BCUT2D eigenvalue weighted by Gasteiger charge is 2.22. The average molecular weight is 248 g/mol. The van der Waals surface area contributed by atoms with Crippen LogP contribution in [0, 0.1) is 0 Å². The number of benzene rings is 1. The molecule has 0 atom stereocenters. The van der Waals surface area contributed by atoms with Crippen LogP contribution in [-0.4, -0.2) is 17.1 Å². The maximum Gasteiger partial charge on any atom is 0.338 e. The van der Waals surface area contributed by atoms with Crippen molar-refractivity contribution in [1.29, 1.82) is 0 Å². The number of hydrogen-bond acceptors (Lipinski definition) is 5. The van der Waals surface area contributed by atoms with Gasteiger partial charge in [0, 0.05) is 0 Å². The highest BCUT2D eigenvalue weighted by molar-refractivity contribution is 7.22. The predicted molar refractivity (Wildman–Crippen MR) is 67.1 cm³/mol. The van der Waals surface area contributed by atoms with Crippen molar-refractivity contribution in [3.8, 4) is 0 Å². The van der Waals surface area contributed by atoms with E-state index in [9.17, 15) is 4.79 Å². The number of thiazole rings is 1. The summed E-state index contributed by atoms with van der Waals surface area (Å²) in [5.74, 6) is -0.247. The summed E-state index contributed by atoms with van der Waals surface area (Å²) in [6.07, 6.45) is 3.25. The van der Waals surface area contributed by atoms with Crippen LogP contribution >= 0.6 is 11.3 Å². The van der Waals surface area contributed by atoms with Crippen molar-refractivity contribution in [3.05, 3.63) is 23.8 Å². The van der Waals surface area contributed by atoms with Crippen LogP contribution in [0.2, 0.25) is 0 Å². The van der Waals surface area contributed by atoms with E-state index in [1.165, 1.54) is 11.3 Å². The lowest BCUT2D eigenvalue weighted by atomic mass is 9.96. The minimum atomic E-state index is -0.247. The number of rotatable bonds is 2. The standard InChI is InChI=1S/C12H12N2O2S/c13-12-14-9-5-4-7(6-10(9)17-12)11(15)16-8-2-1-3-8/h4-6,8H,1-3H2,(H2,13,14). The molecule has 0 aliphatic heterocycles. The second-order valence-electron chi connectivity index (χ2n) is 4.19. The fraction of sp³-hybridized carbons (Fsp3) is 0.333. The van der Waals surface area contributed by atoms with Gasteiger partial charge >= 0.3 is 5.97 Å². The molecule has 0 bridgehead atoms. The van der Waals surface area contributed by atoms with Crippen molar-refractivity contribution in [2.75, 3.05) is 5.73 Å². The molecule has 2 aromatic rings. The van der Waals surface area contributed by atoms with Crippen LogP contribution in [0.1, 0.15) is 29.6 Å². The molecule has 5 heteroatoms. The molecule has 0 unspecified atom stereocenters. The first-order valence-corrected chi connectivity index (χ1v) is 6.41. The van der Waals surface area contributed by atoms with E-state index >= 15 is 0 Å². The summed E-state index contributed by atoms with van der Waals surface area (Å²) in [5.41, 5.74) is 7.02. The van der Waals surface area contributed by atoms with E-state index in [1.807, 2.05) is 0 Å². The number of fused-ring (bicyclic) bond motifs is 1. The van der Waals surface area contributed by atoms with Crippen LogP contribution in [0.5, 0.6) is 0 Å². The Hall–Kier alpha value is -1.62. The summed E-state index contributed by atoms with van der Waals surface area (Å²) in [6, 6.07) is 5.34. The van der Waals surface area contributed by atoms with Crippen LogP contribution in [-0.2, 0) is 4.74 Å². The third-order valence-corrected chi connectivity index (χ3v) is 3.81. The molecule has 0 saturated heterocycles. The van der Waals surface area contributed by atoms with E-state index in [0.717, 1.165) is 29.5 Å². The van der Waals surface area contributed by atoms with Crippen molar-refractivity contribution in [1.82, 2.24) is 4.98 Å². The smallest absolute Gasteiger partial charge is 0.338 e. The van der Waals surface area contributed by atoms with Crippen molar-refractivity contribution in [2.24, 2.45) is 0 Å². The normalized spacial score (nSPS) is 15.8. The van der Waals surface area contributed by atoms with E-state index in [-0.39, 0.29) is 12.1 Å². The van der Waals surface area contributed by atoms with Gasteiger partial charge in [-0.05, 0) is 37.5 Å². The number of esters is 1. The lowest BCUT2D eigenvalue weighted by Crippen LogP contribution is -2.24. The quantitative estimate of drug-likeness (QED) is 0.829. The highest BCUT2D eigenvalue weighted by Crippen LogP contribution is 2.26. The third-order valence-electron chi connectivity index (χ3n) is 2.97. The molecule has 3 rings (SSSR count). The van der Waals surface area contributed by atoms with E-state index in [1.54, 1.807) is 18.2 Å². The Balaban J connectivity index is 1.85. The number of carbonyl (C=O) groups excluding carboxylic acids is 1. The lowest BCUT2D eigenvalue weighted by molar-refractivity contribution is 0.00903. The van der Waals surface area contributed by atoms with Gasteiger partial charge in [-0.2, -0.15) is 0 Å². The van der Waals surface area contributed by atoms with Crippen LogP contribution in [0.4, 0.5) is 5.13 Å². The van der Waals surface area contributed by atoms with Gasteiger partial charge < -0.3 is 10.5 Å². The molecule has 0 amide bonds. The molecule has 0 radical (unpaired) electrons. The summed E-state index contributed by atoms with van der Waals surface area (Å²) in [5, 5.41) is 0.518. The number of ether oxygens (including phenoxy) is 1. The summed E-state index contributed by atoms with van der Waals surface area (Å²) in [4.78, 5) is 16.0. The van der Waals surface area contributed by atoms with E-state index in [2.05, 4.69) is 4.98 Å². The van der Waals surface area contributed by atoms with Crippen molar-refractivity contribution >= 4 is 32.7 Å². The topological polar surface area (TPSA) is 65.2 Å². The monoisotopic (exact) mass is 248 g/mol. The molecule has 1 aromatic heterocycles. The number of carbonyl (C=O) groups is 1. The molecular formula is C12H12N2O2S. The summed E-state index contributed by atoms with van der Waals surface area (Å²) >= 11 is 1.38. The number of nitrogens with zero attached hydrogens (tertiary/aromatic N) is 1. The summed E-state index contributed by atoms with van der Waals surface area (Å²) in [7, 11) is 0. The Morgan fingerprint density at radius 1 is 1.47 bits per heavy atom. The molecule has 1 saturated carbocycles. The molecule has 17 heavy (non-hydrogen) atoms. The van der Waals surface area contributed by atoms with Gasteiger partial charge in [0.05, 0.1) is 15.8 Å². The van der Waals surface area contributed by atoms with Crippen molar-refractivity contribution in [2.45, 2.75) is 25.4 Å².